The van der Waals surface area contributed by atoms with Gasteiger partial charge < -0.3 is 9.88 Å². The van der Waals surface area contributed by atoms with E-state index in [1.54, 1.807) is 12.4 Å². The minimum Gasteiger partial charge on any atom is -0.306 e. The number of pyridine rings is 1. The van der Waals surface area contributed by atoms with Gasteiger partial charge in [-0.1, -0.05) is 0 Å². The van der Waals surface area contributed by atoms with Crippen molar-refractivity contribution in [1.82, 2.24) is 19.9 Å². The van der Waals surface area contributed by atoms with Crippen LogP contribution in [0.1, 0.15) is 11.3 Å². The van der Waals surface area contributed by atoms with E-state index in [9.17, 15) is 4.79 Å². The first-order chi connectivity index (χ1) is 8.74. The van der Waals surface area contributed by atoms with Gasteiger partial charge in [0.25, 0.3) is 5.56 Å². The van der Waals surface area contributed by atoms with E-state index in [2.05, 4.69) is 19.9 Å². The molecule has 0 atom stereocenters. The average Bonchev–Trinajstić information content (AvgIpc) is 2.40. The SMILES string of the molecule is CN1CCc2nc(-c3ccncc3)[nH]c(=O)c2C1. The Morgan fingerprint density at radius 2 is 2.11 bits per heavy atom. The topological polar surface area (TPSA) is 61.9 Å². The van der Waals surface area contributed by atoms with E-state index in [1.807, 2.05) is 19.2 Å². The molecule has 5 heteroatoms. The molecule has 0 aliphatic carbocycles. The molecular formula is C13H14N4O. The number of nitrogens with zero attached hydrogens (tertiary/aromatic N) is 3. The van der Waals surface area contributed by atoms with Crippen LogP contribution in [0.4, 0.5) is 0 Å². The molecule has 0 saturated carbocycles. The predicted molar refractivity (Wildman–Crippen MR) is 68.1 cm³/mol. The van der Waals surface area contributed by atoms with E-state index in [0.29, 0.717) is 12.4 Å². The smallest absolute Gasteiger partial charge is 0.255 e. The monoisotopic (exact) mass is 242 g/mol. The van der Waals surface area contributed by atoms with Gasteiger partial charge in [-0.05, 0) is 19.2 Å². The summed E-state index contributed by atoms with van der Waals surface area (Å²) in [5.74, 6) is 0.630. The Bertz CT molecular complexity index is 621. The van der Waals surface area contributed by atoms with Crippen molar-refractivity contribution in [1.29, 1.82) is 0 Å². The standard InChI is InChI=1S/C13H14N4O/c1-17-7-4-11-10(8-17)13(18)16-12(15-11)9-2-5-14-6-3-9/h2-3,5-6H,4,7-8H2,1H3,(H,15,16,18). The second kappa shape index (κ2) is 4.34. The highest BCUT2D eigenvalue weighted by Crippen LogP contribution is 2.16. The van der Waals surface area contributed by atoms with E-state index < -0.39 is 0 Å². The zero-order valence-corrected chi connectivity index (χ0v) is 10.2. The first-order valence-electron chi connectivity index (χ1n) is 5.95. The van der Waals surface area contributed by atoms with Gasteiger partial charge in [0.05, 0.1) is 11.3 Å². The van der Waals surface area contributed by atoms with Gasteiger partial charge in [0.15, 0.2) is 0 Å². The molecule has 0 fully saturated rings. The molecule has 0 aromatic carbocycles. The maximum absolute atomic E-state index is 12.1. The third kappa shape index (κ3) is 1.93. The first kappa shape index (κ1) is 11.1. The summed E-state index contributed by atoms with van der Waals surface area (Å²) < 4.78 is 0. The third-order valence-corrected chi connectivity index (χ3v) is 3.21. The number of hydrogen-bond acceptors (Lipinski definition) is 4. The lowest BCUT2D eigenvalue weighted by molar-refractivity contribution is 0.307. The van der Waals surface area contributed by atoms with Crippen molar-refractivity contribution >= 4 is 0 Å². The number of likely N-dealkylation sites (N-methyl/N-ethyl adjacent to an activating group) is 1. The molecule has 0 bridgehead atoms. The van der Waals surface area contributed by atoms with Gasteiger partial charge in [0, 0.05) is 37.5 Å². The number of aromatic amines is 1. The molecule has 18 heavy (non-hydrogen) atoms. The lowest BCUT2D eigenvalue weighted by atomic mass is 10.1. The average molecular weight is 242 g/mol. The molecule has 1 aliphatic rings. The van der Waals surface area contributed by atoms with Gasteiger partial charge in [-0.15, -0.1) is 0 Å². The molecule has 0 unspecified atom stereocenters. The van der Waals surface area contributed by atoms with Crippen LogP contribution in [0, 0.1) is 0 Å². The van der Waals surface area contributed by atoms with Gasteiger partial charge in [-0.25, -0.2) is 4.98 Å². The van der Waals surface area contributed by atoms with E-state index >= 15 is 0 Å². The Morgan fingerprint density at radius 3 is 2.89 bits per heavy atom. The van der Waals surface area contributed by atoms with Crippen molar-refractivity contribution in [2.24, 2.45) is 0 Å². The Hall–Kier alpha value is -2.01. The molecule has 3 heterocycles. The summed E-state index contributed by atoms with van der Waals surface area (Å²) in [7, 11) is 2.01. The van der Waals surface area contributed by atoms with E-state index in [0.717, 1.165) is 29.8 Å². The van der Waals surface area contributed by atoms with Gasteiger partial charge in [0.1, 0.15) is 5.82 Å². The van der Waals surface area contributed by atoms with Crippen LogP contribution in [0.15, 0.2) is 29.3 Å². The number of hydrogen-bond donors (Lipinski definition) is 1. The molecule has 5 nitrogen and oxygen atoms in total. The molecule has 92 valence electrons. The normalized spacial score (nSPS) is 15.4. The van der Waals surface area contributed by atoms with Crippen molar-refractivity contribution in [3.63, 3.8) is 0 Å². The van der Waals surface area contributed by atoms with Crippen LogP contribution < -0.4 is 5.56 Å². The van der Waals surface area contributed by atoms with Crippen LogP contribution in [-0.2, 0) is 13.0 Å². The second-order valence-corrected chi connectivity index (χ2v) is 4.56. The third-order valence-electron chi connectivity index (χ3n) is 3.21. The highest BCUT2D eigenvalue weighted by Gasteiger charge is 2.18. The Kier molecular flexibility index (Phi) is 2.68. The minimum atomic E-state index is -0.0293. The van der Waals surface area contributed by atoms with Crippen LogP contribution in [-0.4, -0.2) is 33.4 Å². The number of H-pyrrole nitrogens is 1. The largest absolute Gasteiger partial charge is 0.306 e. The highest BCUT2D eigenvalue weighted by atomic mass is 16.1. The Morgan fingerprint density at radius 1 is 1.33 bits per heavy atom. The zero-order chi connectivity index (χ0) is 12.5. The maximum atomic E-state index is 12.1. The Balaban J connectivity index is 2.10. The maximum Gasteiger partial charge on any atom is 0.255 e. The van der Waals surface area contributed by atoms with Crippen LogP contribution in [0.2, 0.25) is 0 Å². The number of nitrogens with one attached hydrogen (secondary N) is 1. The molecule has 0 amide bonds. The minimum absolute atomic E-state index is 0.0293. The summed E-state index contributed by atoms with van der Waals surface area (Å²) >= 11 is 0. The molecule has 2 aromatic heterocycles. The fourth-order valence-electron chi connectivity index (χ4n) is 2.21. The van der Waals surface area contributed by atoms with Crippen LogP contribution in [0.5, 0.6) is 0 Å². The molecule has 2 aromatic rings. The number of fused-ring (bicyclic) bond motifs is 1. The van der Waals surface area contributed by atoms with Crippen molar-refractivity contribution in [2.45, 2.75) is 13.0 Å². The molecule has 1 N–H and O–H groups in total. The van der Waals surface area contributed by atoms with Gasteiger partial charge in [-0.3, -0.25) is 9.78 Å². The molecule has 3 rings (SSSR count). The van der Waals surface area contributed by atoms with Gasteiger partial charge in [-0.2, -0.15) is 0 Å². The van der Waals surface area contributed by atoms with Gasteiger partial charge >= 0.3 is 0 Å². The fourth-order valence-corrected chi connectivity index (χ4v) is 2.21. The van der Waals surface area contributed by atoms with E-state index in [4.69, 9.17) is 0 Å². The molecular weight excluding hydrogens is 228 g/mol. The van der Waals surface area contributed by atoms with Crippen molar-refractivity contribution in [3.05, 3.63) is 46.1 Å². The molecule has 0 saturated heterocycles. The van der Waals surface area contributed by atoms with E-state index in [-0.39, 0.29) is 5.56 Å². The quantitative estimate of drug-likeness (QED) is 0.804. The number of aromatic nitrogens is 3. The zero-order valence-electron chi connectivity index (χ0n) is 10.2. The summed E-state index contributed by atoms with van der Waals surface area (Å²) in [6.07, 6.45) is 4.22. The summed E-state index contributed by atoms with van der Waals surface area (Å²) in [5, 5.41) is 0. The van der Waals surface area contributed by atoms with Crippen molar-refractivity contribution < 1.29 is 0 Å². The van der Waals surface area contributed by atoms with Crippen LogP contribution >= 0.6 is 0 Å². The number of rotatable bonds is 1. The van der Waals surface area contributed by atoms with Crippen LogP contribution in [0.25, 0.3) is 11.4 Å². The molecule has 0 radical (unpaired) electrons. The summed E-state index contributed by atoms with van der Waals surface area (Å²) in [6, 6.07) is 3.69. The first-order valence-corrected chi connectivity index (χ1v) is 5.95. The van der Waals surface area contributed by atoms with Crippen LogP contribution in [0.3, 0.4) is 0 Å². The lowest BCUT2D eigenvalue weighted by Gasteiger charge is -2.23. The predicted octanol–water partition coefficient (Wildman–Crippen LogP) is 0.820. The van der Waals surface area contributed by atoms with Crippen molar-refractivity contribution in [3.8, 4) is 11.4 Å². The lowest BCUT2D eigenvalue weighted by Crippen LogP contribution is -2.33. The van der Waals surface area contributed by atoms with E-state index in [1.165, 1.54) is 0 Å². The summed E-state index contributed by atoms with van der Waals surface area (Å²) in [4.78, 5) is 25.6. The Labute approximate surface area is 105 Å². The van der Waals surface area contributed by atoms with Crippen molar-refractivity contribution in [2.75, 3.05) is 13.6 Å². The highest BCUT2D eigenvalue weighted by molar-refractivity contribution is 5.53. The summed E-state index contributed by atoms with van der Waals surface area (Å²) in [5.41, 5.74) is 2.58. The van der Waals surface area contributed by atoms with Gasteiger partial charge in [0.2, 0.25) is 0 Å². The molecule has 0 spiro atoms. The second-order valence-electron chi connectivity index (χ2n) is 4.56. The fraction of sp³-hybridized carbons (Fsp3) is 0.308. The molecule has 1 aliphatic heterocycles. The summed E-state index contributed by atoms with van der Waals surface area (Å²) in [6.45, 7) is 1.62.